The van der Waals surface area contributed by atoms with Gasteiger partial charge in [0, 0.05) is 63.3 Å². The normalized spacial score (nSPS) is 14.4. The number of hydroxylamine groups is 1. The predicted octanol–water partition coefficient (Wildman–Crippen LogP) is 2.93. The summed E-state index contributed by atoms with van der Waals surface area (Å²) >= 11 is 1.23. The zero-order valence-corrected chi connectivity index (χ0v) is 19.2. The minimum atomic E-state index is -0.108. The van der Waals surface area contributed by atoms with Crippen LogP contribution in [0.15, 0.2) is 55.0 Å². The Balaban J connectivity index is 1.33. The molecular formula is C22H25N7O3S. The fraction of sp³-hybridized carbons (Fsp3) is 0.273. The summed E-state index contributed by atoms with van der Waals surface area (Å²) in [5, 5.41) is 12.4. The second-order valence-electron chi connectivity index (χ2n) is 7.35. The Morgan fingerprint density at radius 1 is 1.00 bits per heavy atom. The lowest BCUT2D eigenvalue weighted by molar-refractivity contribution is 0.0379. The molecule has 1 amide bonds. The van der Waals surface area contributed by atoms with Gasteiger partial charge in [-0.3, -0.25) is 4.79 Å². The number of ether oxygens (including phenoxy) is 1. The molecule has 172 valence electrons. The second-order valence-corrected chi connectivity index (χ2v) is 8.56. The number of nitrogens with one attached hydrogen (secondary N) is 1. The minimum Gasteiger partial charge on any atom is -0.497 e. The number of nitrogens with zero attached hydrogens (tertiary/aromatic N) is 6. The molecule has 2 aromatic heterocycles. The quantitative estimate of drug-likeness (QED) is 0.398. The first-order valence-corrected chi connectivity index (χ1v) is 11.1. The molecule has 1 fully saturated rings. The van der Waals surface area contributed by atoms with Crippen molar-refractivity contribution in [3.05, 3.63) is 60.7 Å². The summed E-state index contributed by atoms with van der Waals surface area (Å²) in [6.07, 6.45) is 5.09. The van der Waals surface area contributed by atoms with Crippen LogP contribution in [0.4, 0.5) is 11.6 Å². The van der Waals surface area contributed by atoms with Gasteiger partial charge in [0.25, 0.3) is 5.91 Å². The standard InChI is InChI=1S/C22H25N7O3S/c1-27(31)33-29-11-9-28(10-12-29)21(30)20-8-5-18(15-23-20)26-22-24-13-17(14-25-22)16-3-6-19(32-2)7-4-16/h3-8,13-15,31H,9-12H2,1-2H3,(H,24,25,26). The molecular weight excluding hydrogens is 442 g/mol. The molecule has 11 heteroatoms. The van der Waals surface area contributed by atoms with Crippen molar-refractivity contribution in [1.29, 1.82) is 0 Å². The van der Waals surface area contributed by atoms with E-state index < -0.39 is 0 Å². The van der Waals surface area contributed by atoms with Gasteiger partial charge in [0.15, 0.2) is 0 Å². The number of rotatable bonds is 7. The zero-order valence-electron chi connectivity index (χ0n) is 18.4. The van der Waals surface area contributed by atoms with Crippen molar-refractivity contribution in [3.63, 3.8) is 0 Å². The lowest BCUT2D eigenvalue weighted by Gasteiger charge is -2.34. The van der Waals surface area contributed by atoms with Gasteiger partial charge in [0.2, 0.25) is 5.95 Å². The molecule has 0 bridgehead atoms. The molecule has 1 aromatic carbocycles. The Hall–Kier alpha value is -3.25. The second kappa shape index (κ2) is 10.6. The van der Waals surface area contributed by atoms with Crippen LogP contribution >= 0.6 is 12.1 Å². The fourth-order valence-corrected chi connectivity index (χ4v) is 4.01. The number of benzene rings is 1. The number of anilines is 2. The highest BCUT2D eigenvalue weighted by molar-refractivity contribution is 7.94. The van der Waals surface area contributed by atoms with Gasteiger partial charge in [-0.05, 0) is 29.8 Å². The molecule has 0 spiro atoms. The Morgan fingerprint density at radius 3 is 2.27 bits per heavy atom. The molecule has 4 rings (SSSR count). The molecule has 0 atom stereocenters. The summed E-state index contributed by atoms with van der Waals surface area (Å²) in [6, 6.07) is 11.2. The molecule has 1 aliphatic rings. The third-order valence-corrected chi connectivity index (χ3v) is 5.91. The third kappa shape index (κ3) is 5.96. The highest BCUT2D eigenvalue weighted by atomic mass is 32.2. The van der Waals surface area contributed by atoms with Crippen LogP contribution < -0.4 is 10.1 Å². The van der Waals surface area contributed by atoms with Crippen molar-refractivity contribution in [2.75, 3.05) is 45.7 Å². The number of carbonyl (C=O) groups excluding carboxylic acids is 1. The summed E-state index contributed by atoms with van der Waals surface area (Å²) in [7, 11) is 3.21. The number of methoxy groups -OCH3 is 1. The van der Waals surface area contributed by atoms with Crippen LogP contribution in [-0.2, 0) is 0 Å². The van der Waals surface area contributed by atoms with Gasteiger partial charge in [-0.2, -0.15) is 0 Å². The molecule has 1 saturated heterocycles. The lowest BCUT2D eigenvalue weighted by atomic mass is 10.1. The zero-order chi connectivity index (χ0) is 23.2. The van der Waals surface area contributed by atoms with Gasteiger partial charge in [-0.15, -0.1) is 4.47 Å². The smallest absolute Gasteiger partial charge is 0.272 e. The molecule has 3 aromatic rings. The number of hydrogen-bond acceptors (Lipinski definition) is 10. The molecule has 0 radical (unpaired) electrons. The van der Waals surface area contributed by atoms with Crippen LogP contribution in [0.1, 0.15) is 10.5 Å². The summed E-state index contributed by atoms with van der Waals surface area (Å²) in [6.45, 7) is 2.50. The fourth-order valence-electron chi connectivity index (χ4n) is 3.35. The summed E-state index contributed by atoms with van der Waals surface area (Å²) in [5.41, 5.74) is 2.97. The molecule has 3 heterocycles. The number of aromatic nitrogens is 3. The van der Waals surface area contributed by atoms with E-state index in [0.29, 0.717) is 43.5 Å². The first-order chi connectivity index (χ1) is 16.0. The van der Waals surface area contributed by atoms with Crippen LogP contribution in [-0.4, -0.2) is 80.1 Å². The van der Waals surface area contributed by atoms with E-state index in [1.165, 1.54) is 12.1 Å². The maximum Gasteiger partial charge on any atom is 0.272 e. The van der Waals surface area contributed by atoms with Crippen LogP contribution in [0.2, 0.25) is 0 Å². The molecule has 0 aliphatic carbocycles. The van der Waals surface area contributed by atoms with E-state index in [2.05, 4.69) is 20.3 Å². The molecule has 0 saturated carbocycles. The molecule has 0 unspecified atom stereocenters. The van der Waals surface area contributed by atoms with Crippen LogP contribution in [0.3, 0.4) is 0 Å². The summed E-state index contributed by atoms with van der Waals surface area (Å²) in [5.74, 6) is 1.13. The van der Waals surface area contributed by atoms with E-state index in [0.717, 1.165) is 21.3 Å². The monoisotopic (exact) mass is 467 g/mol. The van der Waals surface area contributed by atoms with Crippen molar-refractivity contribution in [2.45, 2.75) is 0 Å². The molecule has 1 aliphatic heterocycles. The van der Waals surface area contributed by atoms with E-state index in [-0.39, 0.29) is 5.91 Å². The number of hydrogen-bond donors (Lipinski definition) is 2. The number of piperazine rings is 1. The lowest BCUT2D eigenvalue weighted by Crippen LogP contribution is -2.47. The maximum atomic E-state index is 12.7. The van der Waals surface area contributed by atoms with Crippen molar-refractivity contribution in [3.8, 4) is 16.9 Å². The van der Waals surface area contributed by atoms with E-state index in [1.807, 2.05) is 28.6 Å². The number of carbonyl (C=O) groups is 1. The summed E-state index contributed by atoms with van der Waals surface area (Å²) in [4.78, 5) is 27.5. The SMILES string of the molecule is COc1ccc(-c2cnc(Nc3ccc(C(=O)N4CCN(SN(C)O)CC4)nc3)nc2)cc1. The van der Waals surface area contributed by atoms with E-state index >= 15 is 0 Å². The van der Waals surface area contributed by atoms with Crippen LogP contribution in [0.25, 0.3) is 11.1 Å². The Labute approximate surface area is 196 Å². The first-order valence-electron chi connectivity index (χ1n) is 10.4. The van der Waals surface area contributed by atoms with Crippen molar-refractivity contribution in [2.24, 2.45) is 0 Å². The largest absolute Gasteiger partial charge is 0.497 e. The van der Waals surface area contributed by atoms with Gasteiger partial charge in [0.1, 0.15) is 11.4 Å². The average Bonchev–Trinajstić information content (AvgIpc) is 2.85. The van der Waals surface area contributed by atoms with Crippen LogP contribution in [0, 0.1) is 0 Å². The van der Waals surface area contributed by atoms with Crippen molar-refractivity contribution < 1.29 is 14.7 Å². The molecule has 10 nitrogen and oxygen atoms in total. The number of amides is 1. The summed E-state index contributed by atoms with van der Waals surface area (Å²) < 4.78 is 8.24. The molecule has 2 N–H and O–H groups in total. The Kier molecular flexibility index (Phi) is 7.35. The van der Waals surface area contributed by atoms with Crippen LogP contribution in [0.5, 0.6) is 5.75 Å². The highest BCUT2D eigenvalue weighted by Gasteiger charge is 2.23. The Bertz CT molecular complexity index is 1050. The van der Waals surface area contributed by atoms with Crippen molar-refractivity contribution in [1.82, 2.24) is 28.6 Å². The third-order valence-electron chi connectivity index (χ3n) is 5.07. The van der Waals surface area contributed by atoms with Gasteiger partial charge in [-0.25, -0.2) is 19.3 Å². The average molecular weight is 468 g/mol. The highest BCUT2D eigenvalue weighted by Crippen LogP contribution is 2.22. The van der Waals surface area contributed by atoms with E-state index in [9.17, 15) is 10.0 Å². The topological polar surface area (TPSA) is 107 Å². The Morgan fingerprint density at radius 2 is 1.70 bits per heavy atom. The van der Waals surface area contributed by atoms with Gasteiger partial charge in [0.05, 0.1) is 19.0 Å². The number of pyridine rings is 1. The van der Waals surface area contributed by atoms with Gasteiger partial charge < -0.3 is 20.2 Å². The van der Waals surface area contributed by atoms with Gasteiger partial charge >= 0.3 is 0 Å². The van der Waals surface area contributed by atoms with Crippen molar-refractivity contribution >= 4 is 29.7 Å². The predicted molar refractivity (Wildman–Crippen MR) is 126 cm³/mol. The first kappa shape index (κ1) is 22.9. The van der Waals surface area contributed by atoms with E-state index in [1.54, 1.807) is 49.8 Å². The minimum absolute atomic E-state index is 0.108. The van der Waals surface area contributed by atoms with E-state index in [4.69, 9.17) is 4.74 Å². The maximum absolute atomic E-state index is 12.7. The molecule has 33 heavy (non-hydrogen) atoms. The van der Waals surface area contributed by atoms with Gasteiger partial charge in [-0.1, -0.05) is 12.1 Å².